The highest BCUT2D eigenvalue weighted by molar-refractivity contribution is 5.96. The number of nitrogens with one attached hydrogen (secondary N) is 2. The molecule has 126 valence electrons. The molecule has 0 heterocycles. The summed E-state index contributed by atoms with van der Waals surface area (Å²) in [5.41, 5.74) is 2.24. The number of alkyl halides is 3. The molecule has 2 amide bonds. The summed E-state index contributed by atoms with van der Waals surface area (Å²) in [6.07, 6.45) is -4.48. The van der Waals surface area contributed by atoms with E-state index in [0.717, 1.165) is 11.1 Å². The van der Waals surface area contributed by atoms with E-state index in [2.05, 4.69) is 5.32 Å². The fourth-order valence-corrected chi connectivity index (χ4v) is 1.97. The monoisotopic (exact) mass is 336 g/mol. The minimum absolute atomic E-state index is 0.318. The lowest BCUT2D eigenvalue weighted by atomic mass is 10.0. The van der Waals surface area contributed by atoms with Crippen molar-refractivity contribution in [1.29, 1.82) is 0 Å². The van der Waals surface area contributed by atoms with Gasteiger partial charge in [-0.15, -0.1) is 0 Å². The summed E-state index contributed by atoms with van der Waals surface area (Å²) in [4.78, 5) is 23.1. The predicted octanol–water partition coefficient (Wildman–Crippen LogP) is 2.76. The second-order valence-electron chi connectivity index (χ2n) is 5.02. The molecule has 0 aromatic heterocycles. The number of halogens is 3. The number of hydrogen-bond acceptors (Lipinski definition) is 2. The van der Waals surface area contributed by atoms with Crippen molar-refractivity contribution in [2.45, 2.75) is 6.18 Å². The van der Waals surface area contributed by atoms with Crippen LogP contribution in [0.4, 0.5) is 13.2 Å². The zero-order valence-electron chi connectivity index (χ0n) is 12.6. The van der Waals surface area contributed by atoms with Gasteiger partial charge in [0.25, 0.3) is 5.91 Å². The molecule has 0 fully saturated rings. The largest absolute Gasteiger partial charge is 0.405 e. The van der Waals surface area contributed by atoms with Crippen molar-refractivity contribution in [3.63, 3.8) is 0 Å². The van der Waals surface area contributed by atoms with Crippen molar-refractivity contribution in [3.05, 3.63) is 60.2 Å². The van der Waals surface area contributed by atoms with E-state index in [1.807, 2.05) is 30.3 Å². The van der Waals surface area contributed by atoms with Crippen LogP contribution in [0.25, 0.3) is 11.1 Å². The van der Waals surface area contributed by atoms with E-state index >= 15 is 0 Å². The molecule has 0 spiro atoms. The van der Waals surface area contributed by atoms with Crippen LogP contribution in [0.1, 0.15) is 10.4 Å². The van der Waals surface area contributed by atoms with Gasteiger partial charge in [0, 0.05) is 5.56 Å². The van der Waals surface area contributed by atoms with E-state index < -0.39 is 31.1 Å². The maximum absolute atomic E-state index is 12.0. The summed E-state index contributed by atoms with van der Waals surface area (Å²) in [6, 6.07) is 16.2. The predicted molar refractivity (Wildman–Crippen MR) is 83.3 cm³/mol. The van der Waals surface area contributed by atoms with E-state index in [0.29, 0.717) is 5.56 Å². The molecule has 7 heteroatoms. The maximum Gasteiger partial charge on any atom is 0.405 e. The van der Waals surface area contributed by atoms with Crippen LogP contribution in [0, 0.1) is 0 Å². The molecular weight excluding hydrogens is 321 g/mol. The number of amides is 2. The molecule has 0 saturated carbocycles. The van der Waals surface area contributed by atoms with E-state index in [1.54, 1.807) is 29.6 Å². The molecule has 2 rings (SSSR count). The van der Waals surface area contributed by atoms with Crippen molar-refractivity contribution in [3.8, 4) is 11.1 Å². The van der Waals surface area contributed by atoms with Crippen LogP contribution in [0.5, 0.6) is 0 Å². The lowest BCUT2D eigenvalue weighted by Gasteiger charge is -2.09. The Morgan fingerprint density at radius 1 is 0.833 bits per heavy atom. The van der Waals surface area contributed by atoms with Crippen molar-refractivity contribution >= 4 is 11.8 Å². The normalized spacial score (nSPS) is 11.0. The lowest BCUT2D eigenvalue weighted by Crippen LogP contribution is -2.40. The molecule has 0 aliphatic heterocycles. The van der Waals surface area contributed by atoms with Crippen LogP contribution < -0.4 is 10.6 Å². The molecule has 0 radical (unpaired) electrons. The Morgan fingerprint density at radius 2 is 1.42 bits per heavy atom. The smallest absolute Gasteiger partial charge is 0.345 e. The van der Waals surface area contributed by atoms with Crippen molar-refractivity contribution in [2.24, 2.45) is 0 Å². The average Bonchev–Trinajstić information content (AvgIpc) is 2.58. The standard InChI is InChI=1S/C17H15F3N2O2/c18-17(19,20)11-22-15(23)10-21-16(24)14-8-6-13(7-9-14)12-4-2-1-3-5-12/h1-9H,10-11H2,(H,21,24)(H,22,23). The Hall–Kier alpha value is -2.83. The van der Waals surface area contributed by atoms with Gasteiger partial charge in [-0.25, -0.2) is 0 Å². The fraction of sp³-hybridized carbons (Fsp3) is 0.176. The summed E-state index contributed by atoms with van der Waals surface area (Å²) < 4.78 is 35.9. The summed E-state index contributed by atoms with van der Waals surface area (Å²) in [6.45, 7) is -1.94. The molecule has 0 saturated heterocycles. The van der Waals surface area contributed by atoms with Crippen molar-refractivity contribution < 1.29 is 22.8 Å². The molecule has 0 aliphatic rings. The van der Waals surface area contributed by atoms with E-state index in [1.165, 1.54) is 0 Å². The Bertz CT molecular complexity index is 698. The zero-order valence-corrected chi connectivity index (χ0v) is 12.6. The van der Waals surface area contributed by atoms with Gasteiger partial charge in [0.05, 0.1) is 6.54 Å². The van der Waals surface area contributed by atoms with E-state index in [-0.39, 0.29) is 0 Å². The van der Waals surface area contributed by atoms with Gasteiger partial charge in [0.15, 0.2) is 0 Å². The van der Waals surface area contributed by atoms with Crippen LogP contribution in [-0.4, -0.2) is 31.1 Å². The van der Waals surface area contributed by atoms with Crippen molar-refractivity contribution in [2.75, 3.05) is 13.1 Å². The Kier molecular flexibility index (Phi) is 5.57. The molecule has 2 N–H and O–H groups in total. The highest BCUT2D eigenvalue weighted by atomic mass is 19.4. The second-order valence-corrected chi connectivity index (χ2v) is 5.02. The first-order chi connectivity index (χ1) is 11.3. The van der Waals surface area contributed by atoms with E-state index in [4.69, 9.17) is 0 Å². The fourth-order valence-electron chi connectivity index (χ4n) is 1.97. The SMILES string of the molecule is O=C(CNC(=O)c1ccc(-c2ccccc2)cc1)NCC(F)(F)F. The molecule has 0 atom stereocenters. The van der Waals surface area contributed by atoms with Crippen LogP contribution >= 0.6 is 0 Å². The Morgan fingerprint density at radius 3 is 2.00 bits per heavy atom. The molecule has 4 nitrogen and oxygen atoms in total. The zero-order chi connectivity index (χ0) is 17.6. The van der Waals surface area contributed by atoms with Gasteiger partial charge < -0.3 is 10.6 Å². The third-order valence-corrected chi connectivity index (χ3v) is 3.15. The minimum atomic E-state index is -4.48. The van der Waals surface area contributed by atoms with Gasteiger partial charge in [-0.3, -0.25) is 9.59 Å². The van der Waals surface area contributed by atoms with Crippen molar-refractivity contribution in [1.82, 2.24) is 10.6 Å². The summed E-state index contributed by atoms with van der Waals surface area (Å²) in [5.74, 6) is -1.43. The summed E-state index contributed by atoms with van der Waals surface area (Å²) in [7, 11) is 0. The quantitative estimate of drug-likeness (QED) is 0.882. The van der Waals surface area contributed by atoms with Crippen LogP contribution in [0.15, 0.2) is 54.6 Å². The molecular formula is C17H15F3N2O2. The first-order valence-corrected chi connectivity index (χ1v) is 7.12. The minimum Gasteiger partial charge on any atom is -0.345 e. The van der Waals surface area contributed by atoms with Gasteiger partial charge >= 0.3 is 6.18 Å². The first-order valence-electron chi connectivity index (χ1n) is 7.12. The molecule has 0 unspecified atom stereocenters. The van der Waals surface area contributed by atoms with Gasteiger partial charge in [0.1, 0.15) is 6.54 Å². The number of rotatable bonds is 5. The number of benzene rings is 2. The number of carbonyl (C=O) groups excluding carboxylic acids is 2. The Balaban J connectivity index is 1.88. The molecule has 0 bridgehead atoms. The molecule has 0 aliphatic carbocycles. The van der Waals surface area contributed by atoms with Gasteiger partial charge in [-0.2, -0.15) is 13.2 Å². The highest BCUT2D eigenvalue weighted by Crippen LogP contribution is 2.19. The van der Waals surface area contributed by atoms with Gasteiger partial charge in [-0.1, -0.05) is 42.5 Å². The number of carbonyl (C=O) groups is 2. The molecule has 2 aromatic rings. The topological polar surface area (TPSA) is 58.2 Å². The highest BCUT2D eigenvalue weighted by Gasteiger charge is 2.27. The molecule has 2 aromatic carbocycles. The van der Waals surface area contributed by atoms with Crippen LogP contribution in [0.3, 0.4) is 0 Å². The maximum atomic E-state index is 12.0. The van der Waals surface area contributed by atoms with Gasteiger partial charge in [-0.05, 0) is 23.3 Å². The summed E-state index contributed by atoms with van der Waals surface area (Å²) >= 11 is 0. The van der Waals surface area contributed by atoms with E-state index in [9.17, 15) is 22.8 Å². The Labute approximate surface area is 136 Å². The third-order valence-electron chi connectivity index (χ3n) is 3.15. The lowest BCUT2D eigenvalue weighted by molar-refractivity contribution is -0.137. The average molecular weight is 336 g/mol. The van der Waals surface area contributed by atoms with Crippen LogP contribution in [0.2, 0.25) is 0 Å². The summed E-state index contributed by atoms with van der Waals surface area (Å²) in [5, 5.41) is 3.96. The second kappa shape index (κ2) is 7.63. The first kappa shape index (κ1) is 17.5. The third kappa shape index (κ3) is 5.42. The van der Waals surface area contributed by atoms with Crippen LogP contribution in [-0.2, 0) is 4.79 Å². The molecule has 24 heavy (non-hydrogen) atoms. The number of hydrogen-bond donors (Lipinski definition) is 2. The van der Waals surface area contributed by atoms with Gasteiger partial charge in [0.2, 0.25) is 5.91 Å².